The van der Waals surface area contributed by atoms with Crippen molar-refractivity contribution in [2.24, 2.45) is 0 Å². The summed E-state index contributed by atoms with van der Waals surface area (Å²) in [5, 5.41) is 9.60. The lowest BCUT2D eigenvalue weighted by Crippen LogP contribution is -2.23. The van der Waals surface area contributed by atoms with E-state index in [0.717, 1.165) is 5.56 Å². The van der Waals surface area contributed by atoms with Crippen LogP contribution in [-0.2, 0) is 6.54 Å². The minimum atomic E-state index is -0.241. The van der Waals surface area contributed by atoms with E-state index in [1.807, 2.05) is 0 Å². The molecule has 2 N–H and O–H groups in total. The molecule has 0 atom stereocenters. The third-order valence-corrected chi connectivity index (χ3v) is 2.82. The molecule has 0 spiro atoms. The van der Waals surface area contributed by atoms with Crippen molar-refractivity contribution >= 4 is 17.5 Å². The number of hydrogen-bond donors (Lipinski definition) is 2. The molecular weight excluding hydrogens is 254 g/mol. The van der Waals surface area contributed by atoms with Crippen molar-refractivity contribution in [2.45, 2.75) is 6.54 Å². The van der Waals surface area contributed by atoms with E-state index < -0.39 is 0 Å². The van der Waals surface area contributed by atoms with Crippen molar-refractivity contribution in [3.63, 3.8) is 0 Å². The summed E-state index contributed by atoms with van der Waals surface area (Å²) in [7, 11) is 1.56. The molecule has 18 heavy (non-hydrogen) atoms. The maximum absolute atomic E-state index is 11.7. The first-order valence-corrected chi connectivity index (χ1v) is 5.69. The molecule has 0 saturated carbocycles. The monoisotopic (exact) mass is 265 g/mol. The summed E-state index contributed by atoms with van der Waals surface area (Å²) in [6, 6.07) is 6.94. The maximum Gasteiger partial charge on any atom is 0.269 e. The van der Waals surface area contributed by atoms with E-state index in [0.29, 0.717) is 23.0 Å². The molecule has 2 rings (SSSR count). The number of nitrogens with zero attached hydrogens (tertiary/aromatic N) is 1. The van der Waals surface area contributed by atoms with Crippen molar-refractivity contribution < 1.29 is 9.53 Å². The largest absolute Gasteiger partial charge is 0.496 e. The first-order chi connectivity index (χ1) is 8.72. The summed E-state index contributed by atoms with van der Waals surface area (Å²) in [6.45, 7) is 0.292. The van der Waals surface area contributed by atoms with E-state index in [4.69, 9.17) is 16.3 Å². The van der Waals surface area contributed by atoms with Crippen LogP contribution in [0.25, 0.3) is 0 Å². The molecule has 0 radical (unpaired) electrons. The number of halogens is 1. The van der Waals surface area contributed by atoms with Crippen molar-refractivity contribution in [2.75, 3.05) is 7.11 Å². The van der Waals surface area contributed by atoms with Crippen molar-refractivity contribution in [3.8, 4) is 5.75 Å². The predicted octanol–water partition coefficient (Wildman–Crippen LogP) is 2.00. The molecule has 5 nitrogen and oxygen atoms in total. The fraction of sp³-hybridized carbons (Fsp3) is 0.167. The Morgan fingerprint density at radius 3 is 3.00 bits per heavy atom. The Morgan fingerprint density at radius 1 is 1.50 bits per heavy atom. The topological polar surface area (TPSA) is 67.0 Å². The zero-order valence-electron chi connectivity index (χ0n) is 9.74. The predicted molar refractivity (Wildman–Crippen MR) is 67.8 cm³/mol. The van der Waals surface area contributed by atoms with Crippen LogP contribution in [0.1, 0.15) is 16.1 Å². The van der Waals surface area contributed by atoms with Crippen LogP contribution in [0.5, 0.6) is 5.75 Å². The summed E-state index contributed by atoms with van der Waals surface area (Å²) in [5.41, 5.74) is 1.15. The number of methoxy groups -OCH3 is 1. The van der Waals surface area contributed by atoms with Crippen molar-refractivity contribution in [1.29, 1.82) is 0 Å². The van der Waals surface area contributed by atoms with Gasteiger partial charge in [0.15, 0.2) is 0 Å². The first kappa shape index (κ1) is 12.4. The third kappa shape index (κ3) is 2.62. The highest BCUT2D eigenvalue weighted by atomic mass is 35.5. The number of aromatic amines is 1. The smallest absolute Gasteiger partial charge is 0.269 e. The molecule has 0 aliphatic carbocycles. The molecule has 94 valence electrons. The Kier molecular flexibility index (Phi) is 3.84. The van der Waals surface area contributed by atoms with Gasteiger partial charge in [0.05, 0.1) is 7.11 Å². The van der Waals surface area contributed by atoms with E-state index in [1.165, 1.54) is 6.20 Å². The normalized spacial score (nSPS) is 10.1. The van der Waals surface area contributed by atoms with Gasteiger partial charge in [-0.05, 0) is 18.2 Å². The summed E-state index contributed by atoms with van der Waals surface area (Å²) < 4.78 is 5.19. The SMILES string of the molecule is COc1cccc(Cl)c1CNC(=O)c1ccn[nH]1. The van der Waals surface area contributed by atoms with Crippen LogP contribution in [-0.4, -0.2) is 23.2 Å². The minimum absolute atomic E-state index is 0.241. The van der Waals surface area contributed by atoms with Gasteiger partial charge in [0.2, 0.25) is 0 Å². The van der Waals surface area contributed by atoms with E-state index in [2.05, 4.69) is 15.5 Å². The molecule has 1 aromatic heterocycles. The quantitative estimate of drug-likeness (QED) is 0.889. The van der Waals surface area contributed by atoms with Crippen LogP contribution in [0, 0.1) is 0 Å². The average Bonchev–Trinajstić information content (AvgIpc) is 2.90. The summed E-state index contributed by atoms with van der Waals surface area (Å²) in [4.78, 5) is 11.7. The number of benzene rings is 1. The summed E-state index contributed by atoms with van der Waals surface area (Å²) >= 11 is 6.07. The standard InChI is InChI=1S/C12H12ClN3O2/c1-18-11-4-2-3-9(13)8(11)7-14-12(17)10-5-6-15-16-10/h2-6H,7H2,1H3,(H,14,17)(H,15,16). The number of rotatable bonds is 4. The van der Waals surface area contributed by atoms with Gasteiger partial charge in [-0.2, -0.15) is 5.10 Å². The number of carbonyl (C=O) groups is 1. The van der Waals surface area contributed by atoms with Crippen molar-refractivity contribution in [3.05, 3.63) is 46.7 Å². The Labute approximate surface area is 109 Å². The van der Waals surface area contributed by atoms with Gasteiger partial charge in [-0.25, -0.2) is 0 Å². The Hall–Kier alpha value is -2.01. The minimum Gasteiger partial charge on any atom is -0.496 e. The molecule has 1 amide bonds. The second-order valence-electron chi connectivity index (χ2n) is 3.57. The molecule has 0 unspecified atom stereocenters. The lowest BCUT2D eigenvalue weighted by Gasteiger charge is -2.10. The Bertz CT molecular complexity index is 540. The molecule has 0 saturated heterocycles. The molecule has 0 fully saturated rings. The second kappa shape index (κ2) is 5.55. The third-order valence-electron chi connectivity index (χ3n) is 2.47. The van der Waals surface area contributed by atoms with E-state index in [9.17, 15) is 4.79 Å². The number of amides is 1. The van der Waals surface area contributed by atoms with Gasteiger partial charge in [-0.15, -0.1) is 0 Å². The zero-order valence-corrected chi connectivity index (χ0v) is 10.5. The highest BCUT2D eigenvalue weighted by Crippen LogP contribution is 2.25. The van der Waals surface area contributed by atoms with Crippen molar-refractivity contribution in [1.82, 2.24) is 15.5 Å². The van der Waals surface area contributed by atoms with Gasteiger partial charge >= 0.3 is 0 Å². The maximum atomic E-state index is 11.7. The van der Waals surface area contributed by atoms with E-state index in [-0.39, 0.29) is 5.91 Å². The van der Waals surface area contributed by atoms with Gasteiger partial charge < -0.3 is 10.1 Å². The van der Waals surface area contributed by atoms with Crippen LogP contribution < -0.4 is 10.1 Å². The van der Waals surface area contributed by atoms with Gasteiger partial charge in [0, 0.05) is 23.3 Å². The number of ether oxygens (including phenoxy) is 1. The van der Waals surface area contributed by atoms with Crippen LogP contribution in [0.3, 0.4) is 0 Å². The molecule has 0 aliphatic heterocycles. The molecule has 2 aromatic rings. The highest BCUT2D eigenvalue weighted by Gasteiger charge is 2.11. The first-order valence-electron chi connectivity index (χ1n) is 5.31. The van der Waals surface area contributed by atoms with Crippen LogP contribution in [0.2, 0.25) is 5.02 Å². The number of nitrogens with one attached hydrogen (secondary N) is 2. The number of carbonyl (C=O) groups excluding carboxylic acids is 1. The fourth-order valence-electron chi connectivity index (χ4n) is 1.55. The fourth-order valence-corrected chi connectivity index (χ4v) is 1.78. The van der Waals surface area contributed by atoms with Gasteiger partial charge in [0.1, 0.15) is 11.4 Å². The van der Waals surface area contributed by atoms with E-state index >= 15 is 0 Å². The molecule has 1 aromatic carbocycles. The molecule has 0 bridgehead atoms. The highest BCUT2D eigenvalue weighted by molar-refractivity contribution is 6.31. The van der Waals surface area contributed by atoms with E-state index in [1.54, 1.807) is 31.4 Å². The average molecular weight is 266 g/mol. The Morgan fingerprint density at radius 2 is 2.33 bits per heavy atom. The lowest BCUT2D eigenvalue weighted by molar-refractivity contribution is 0.0945. The van der Waals surface area contributed by atoms with Gasteiger partial charge in [-0.3, -0.25) is 9.89 Å². The number of H-pyrrole nitrogens is 1. The lowest BCUT2D eigenvalue weighted by atomic mass is 10.2. The summed E-state index contributed by atoms with van der Waals surface area (Å²) in [6.07, 6.45) is 1.52. The van der Waals surface area contributed by atoms with Crippen LogP contribution in [0.4, 0.5) is 0 Å². The Balaban J connectivity index is 2.09. The second-order valence-corrected chi connectivity index (χ2v) is 3.98. The van der Waals surface area contributed by atoms with Crippen LogP contribution >= 0.6 is 11.6 Å². The molecule has 6 heteroatoms. The van der Waals surface area contributed by atoms with Crippen LogP contribution in [0.15, 0.2) is 30.5 Å². The zero-order chi connectivity index (χ0) is 13.0. The van der Waals surface area contributed by atoms with Gasteiger partial charge in [0.25, 0.3) is 5.91 Å². The van der Waals surface area contributed by atoms with Gasteiger partial charge in [-0.1, -0.05) is 17.7 Å². The number of aromatic nitrogens is 2. The number of hydrogen-bond acceptors (Lipinski definition) is 3. The molecule has 0 aliphatic rings. The molecular formula is C12H12ClN3O2. The molecule has 1 heterocycles. The summed E-state index contributed by atoms with van der Waals surface area (Å²) in [5.74, 6) is 0.405.